The Morgan fingerprint density at radius 2 is 1.71 bits per heavy atom. The van der Waals surface area contributed by atoms with Crippen LogP contribution in [0.4, 0.5) is 0 Å². The van der Waals surface area contributed by atoms with Gasteiger partial charge in [0.15, 0.2) is 0 Å². The first kappa shape index (κ1) is 14.9. The summed E-state index contributed by atoms with van der Waals surface area (Å²) < 4.78 is 4.45. The number of esters is 1. The van der Waals surface area contributed by atoms with Crippen LogP contribution >= 0.6 is 0 Å². The molecule has 6 heteroatoms. The number of nitriles is 2. The Morgan fingerprint density at radius 1 is 1.24 bits per heavy atom. The number of aliphatic carboxylic acids is 1. The predicted octanol–water partition coefficient (Wildman–Crippen LogP) is 1.23. The van der Waals surface area contributed by atoms with Crippen molar-refractivity contribution in [1.29, 1.82) is 10.5 Å². The summed E-state index contributed by atoms with van der Waals surface area (Å²) in [4.78, 5) is 22.5. The Kier molecular flexibility index (Phi) is 6.35. The molecule has 0 rings (SSSR count). The van der Waals surface area contributed by atoms with E-state index in [1.54, 1.807) is 0 Å². The van der Waals surface area contributed by atoms with Gasteiger partial charge in [0, 0.05) is 12.8 Å². The molecule has 0 heterocycles. The molecule has 1 N–H and O–H groups in total. The third-order valence-corrected chi connectivity index (χ3v) is 2.59. The van der Waals surface area contributed by atoms with E-state index in [-0.39, 0.29) is 32.1 Å². The lowest BCUT2D eigenvalue weighted by molar-refractivity contribution is -0.158. The highest BCUT2D eigenvalue weighted by atomic mass is 16.5. The topological polar surface area (TPSA) is 111 Å². The van der Waals surface area contributed by atoms with Crippen LogP contribution in [-0.4, -0.2) is 24.2 Å². The summed E-state index contributed by atoms with van der Waals surface area (Å²) in [6.45, 7) is 0. The predicted molar refractivity (Wildman–Crippen MR) is 56.4 cm³/mol. The molecule has 0 atom stereocenters. The summed E-state index contributed by atoms with van der Waals surface area (Å²) >= 11 is 0. The number of rotatable bonds is 7. The van der Waals surface area contributed by atoms with Crippen molar-refractivity contribution in [2.45, 2.75) is 32.1 Å². The summed E-state index contributed by atoms with van der Waals surface area (Å²) in [5.74, 6) is -1.82. The van der Waals surface area contributed by atoms with E-state index >= 15 is 0 Å². The fraction of sp³-hybridized carbons (Fsp3) is 0.636. The average Bonchev–Trinajstić information content (AvgIpc) is 2.32. The number of ether oxygens (including phenoxy) is 1. The highest BCUT2D eigenvalue weighted by Gasteiger charge is 2.40. The Balaban J connectivity index is 4.96. The van der Waals surface area contributed by atoms with Crippen molar-refractivity contribution in [3.8, 4) is 12.1 Å². The molecular formula is C11H14N2O4. The summed E-state index contributed by atoms with van der Waals surface area (Å²) in [5.41, 5.74) is -1.38. The van der Waals surface area contributed by atoms with Crippen molar-refractivity contribution in [2.24, 2.45) is 5.41 Å². The van der Waals surface area contributed by atoms with Crippen molar-refractivity contribution in [3.05, 3.63) is 0 Å². The Morgan fingerprint density at radius 3 is 2.00 bits per heavy atom. The van der Waals surface area contributed by atoms with E-state index in [1.165, 1.54) is 7.11 Å². The van der Waals surface area contributed by atoms with Gasteiger partial charge in [-0.05, 0) is 12.8 Å². The number of carboxylic acid groups (broad SMARTS) is 1. The largest absolute Gasteiger partial charge is 0.481 e. The van der Waals surface area contributed by atoms with Crippen molar-refractivity contribution in [3.63, 3.8) is 0 Å². The number of hydrogen-bond donors (Lipinski definition) is 1. The van der Waals surface area contributed by atoms with Crippen LogP contribution in [0.1, 0.15) is 32.1 Å². The fourth-order valence-electron chi connectivity index (χ4n) is 1.53. The molecule has 92 valence electrons. The zero-order valence-electron chi connectivity index (χ0n) is 9.60. The van der Waals surface area contributed by atoms with Gasteiger partial charge in [0.1, 0.15) is 0 Å². The minimum absolute atomic E-state index is 0.0225. The number of carbonyl (C=O) groups is 2. The number of carbonyl (C=O) groups excluding carboxylic acids is 1. The Hall–Kier alpha value is -2.08. The van der Waals surface area contributed by atoms with Gasteiger partial charge in [-0.3, -0.25) is 9.59 Å². The molecule has 0 saturated carbocycles. The summed E-state index contributed by atoms with van der Waals surface area (Å²) in [5, 5.41) is 26.2. The monoisotopic (exact) mass is 238 g/mol. The molecule has 0 aromatic carbocycles. The van der Waals surface area contributed by atoms with Crippen LogP contribution in [0.5, 0.6) is 0 Å². The minimum Gasteiger partial charge on any atom is -0.481 e. The van der Waals surface area contributed by atoms with Gasteiger partial charge in [0.2, 0.25) is 0 Å². The first-order valence-electron chi connectivity index (χ1n) is 5.06. The second kappa shape index (κ2) is 7.24. The Labute approximate surface area is 99.4 Å². The van der Waals surface area contributed by atoms with E-state index in [1.807, 2.05) is 12.1 Å². The highest BCUT2D eigenvalue weighted by molar-refractivity contribution is 5.82. The van der Waals surface area contributed by atoms with Gasteiger partial charge in [0.05, 0.1) is 31.1 Å². The lowest BCUT2D eigenvalue weighted by Crippen LogP contribution is -2.34. The molecule has 0 fully saturated rings. The van der Waals surface area contributed by atoms with Crippen LogP contribution in [0.15, 0.2) is 0 Å². The van der Waals surface area contributed by atoms with Gasteiger partial charge >= 0.3 is 11.9 Å². The van der Waals surface area contributed by atoms with Crippen molar-refractivity contribution in [2.75, 3.05) is 7.11 Å². The van der Waals surface area contributed by atoms with E-state index in [2.05, 4.69) is 4.74 Å². The maximum absolute atomic E-state index is 11.3. The molecule has 0 bridgehead atoms. The second-order valence-electron chi connectivity index (χ2n) is 3.65. The van der Waals surface area contributed by atoms with Crippen molar-refractivity contribution < 1.29 is 19.4 Å². The lowest BCUT2D eigenvalue weighted by Gasteiger charge is -2.26. The summed E-state index contributed by atoms with van der Waals surface area (Å²) in [6.07, 6.45) is -0.198. The minimum atomic E-state index is -1.38. The van der Waals surface area contributed by atoms with Crippen molar-refractivity contribution >= 4 is 11.9 Å². The molecule has 0 aliphatic heterocycles. The molecule has 0 unspecified atom stereocenters. The molecule has 0 aliphatic carbocycles. The van der Waals surface area contributed by atoms with Gasteiger partial charge in [0.25, 0.3) is 0 Å². The second-order valence-corrected chi connectivity index (χ2v) is 3.65. The smallest absolute Gasteiger partial charge is 0.310 e. The zero-order valence-corrected chi connectivity index (χ0v) is 9.60. The van der Waals surface area contributed by atoms with Crippen LogP contribution in [0.25, 0.3) is 0 Å². The van der Waals surface area contributed by atoms with Gasteiger partial charge in [-0.25, -0.2) is 0 Å². The number of hydrogen-bond acceptors (Lipinski definition) is 5. The van der Waals surface area contributed by atoms with Gasteiger partial charge in [-0.1, -0.05) is 0 Å². The molecule has 0 aliphatic rings. The SMILES string of the molecule is COC(=O)CC(CCC#N)(CCC#N)C(=O)O. The van der Waals surface area contributed by atoms with Crippen LogP contribution < -0.4 is 0 Å². The maximum atomic E-state index is 11.3. The van der Waals surface area contributed by atoms with Gasteiger partial charge in [-0.15, -0.1) is 0 Å². The lowest BCUT2D eigenvalue weighted by atomic mass is 9.76. The zero-order chi connectivity index (χ0) is 13.3. The van der Waals surface area contributed by atoms with Crippen LogP contribution in [0.2, 0.25) is 0 Å². The molecule has 6 nitrogen and oxygen atoms in total. The number of carboxylic acids is 1. The first-order valence-corrected chi connectivity index (χ1v) is 5.06. The summed E-state index contributed by atoms with van der Waals surface area (Å²) in [7, 11) is 1.17. The van der Waals surface area contributed by atoms with Gasteiger partial charge in [-0.2, -0.15) is 10.5 Å². The molecule has 0 aromatic heterocycles. The maximum Gasteiger partial charge on any atom is 0.310 e. The molecule has 0 spiro atoms. The molecule has 0 amide bonds. The first-order chi connectivity index (χ1) is 8.02. The van der Waals surface area contributed by atoms with E-state index in [9.17, 15) is 14.7 Å². The van der Waals surface area contributed by atoms with Crippen molar-refractivity contribution in [1.82, 2.24) is 0 Å². The normalized spacial score (nSPS) is 10.1. The number of methoxy groups -OCH3 is 1. The highest BCUT2D eigenvalue weighted by Crippen LogP contribution is 2.34. The van der Waals surface area contributed by atoms with Crippen LogP contribution in [0, 0.1) is 28.1 Å². The molecule has 17 heavy (non-hydrogen) atoms. The third-order valence-electron chi connectivity index (χ3n) is 2.59. The molecule has 0 aromatic rings. The molecule has 0 saturated heterocycles. The average molecular weight is 238 g/mol. The van der Waals surface area contributed by atoms with E-state index in [0.717, 1.165) is 0 Å². The quantitative estimate of drug-likeness (QED) is 0.667. The Bertz CT molecular complexity index is 347. The van der Waals surface area contributed by atoms with E-state index in [4.69, 9.17) is 10.5 Å². The van der Waals surface area contributed by atoms with Crippen LogP contribution in [-0.2, 0) is 14.3 Å². The standard InChI is InChI=1S/C11H14N2O4/c1-17-9(14)8-11(10(15)16,4-2-6-12)5-3-7-13/h2-5,8H2,1H3,(H,15,16). The van der Waals surface area contributed by atoms with Crippen LogP contribution in [0.3, 0.4) is 0 Å². The number of nitrogens with zero attached hydrogens (tertiary/aromatic N) is 2. The molecular weight excluding hydrogens is 224 g/mol. The van der Waals surface area contributed by atoms with E-state index < -0.39 is 17.4 Å². The van der Waals surface area contributed by atoms with E-state index in [0.29, 0.717) is 0 Å². The van der Waals surface area contributed by atoms with Gasteiger partial charge < -0.3 is 9.84 Å². The molecule has 0 radical (unpaired) electrons. The fourth-order valence-corrected chi connectivity index (χ4v) is 1.53. The third kappa shape index (κ3) is 4.52. The summed E-state index contributed by atoms with van der Waals surface area (Å²) in [6, 6.07) is 3.69.